The number of carbonyl (C=O) groups is 1. The first-order chi connectivity index (χ1) is 9.95. The van der Waals surface area contributed by atoms with Crippen LogP contribution in [0.3, 0.4) is 0 Å². The van der Waals surface area contributed by atoms with Crippen LogP contribution in [-0.4, -0.2) is 14.3 Å². The Bertz CT molecular complexity index is 690. The molecule has 2 heterocycles. The van der Waals surface area contributed by atoms with Crippen molar-refractivity contribution >= 4 is 38.6 Å². The summed E-state index contributed by atoms with van der Waals surface area (Å²) in [6, 6.07) is 7.18. The zero-order valence-electron chi connectivity index (χ0n) is 11.2. The lowest BCUT2D eigenvalue weighted by Crippen LogP contribution is -2.21. The molecule has 5 nitrogen and oxygen atoms in total. The standard InChI is InChI=1S/C13H16N2O3S3/c14-21(17,18)13-7-6-11(20-13)9-15-12(16)5-1-3-10-4-2-8-19-10/h2,4,6-8H,1,3,5,9H2,(H,15,16)(H2,14,17,18). The van der Waals surface area contributed by atoms with Gasteiger partial charge < -0.3 is 5.32 Å². The van der Waals surface area contributed by atoms with Gasteiger partial charge in [-0.15, -0.1) is 22.7 Å². The molecule has 2 aromatic rings. The number of thiophene rings is 2. The van der Waals surface area contributed by atoms with Gasteiger partial charge in [-0.1, -0.05) is 6.07 Å². The molecule has 0 atom stereocenters. The normalized spacial score (nSPS) is 11.5. The molecule has 21 heavy (non-hydrogen) atoms. The van der Waals surface area contributed by atoms with Crippen molar-refractivity contribution in [3.05, 3.63) is 39.4 Å². The molecule has 0 aliphatic rings. The lowest BCUT2D eigenvalue weighted by molar-refractivity contribution is -0.121. The Hall–Kier alpha value is -1.22. The number of primary sulfonamides is 1. The van der Waals surface area contributed by atoms with Crippen LogP contribution in [0.4, 0.5) is 0 Å². The molecular formula is C13H16N2O3S3. The van der Waals surface area contributed by atoms with E-state index in [9.17, 15) is 13.2 Å². The molecule has 2 rings (SSSR count). The van der Waals surface area contributed by atoms with E-state index in [2.05, 4.69) is 11.4 Å². The fourth-order valence-corrected chi connectivity index (χ4v) is 4.23. The van der Waals surface area contributed by atoms with E-state index in [1.54, 1.807) is 17.4 Å². The number of carbonyl (C=O) groups excluding carboxylic acids is 1. The topological polar surface area (TPSA) is 89.3 Å². The maximum Gasteiger partial charge on any atom is 0.247 e. The van der Waals surface area contributed by atoms with Gasteiger partial charge in [-0.25, -0.2) is 13.6 Å². The molecule has 8 heteroatoms. The van der Waals surface area contributed by atoms with E-state index in [0.717, 1.165) is 29.1 Å². The van der Waals surface area contributed by atoms with Crippen LogP contribution in [0.2, 0.25) is 0 Å². The highest BCUT2D eigenvalue weighted by atomic mass is 32.2. The fraction of sp³-hybridized carbons (Fsp3) is 0.308. The summed E-state index contributed by atoms with van der Waals surface area (Å²) in [5.41, 5.74) is 0. The zero-order valence-corrected chi connectivity index (χ0v) is 13.7. The third-order valence-corrected chi connectivity index (χ3v) is 6.24. The number of rotatable bonds is 7. The van der Waals surface area contributed by atoms with Crippen LogP contribution >= 0.6 is 22.7 Å². The number of nitrogens with two attached hydrogens (primary N) is 1. The molecule has 0 aromatic carbocycles. The van der Waals surface area contributed by atoms with E-state index < -0.39 is 10.0 Å². The second-order valence-corrected chi connectivity index (χ2v) is 8.46. The predicted molar refractivity (Wildman–Crippen MR) is 84.8 cm³/mol. The van der Waals surface area contributed by atoms with Crippen molar-refractivity contribution in [1.29, 1.82) is 0 Å². The van der Waals surface area contributed by atoms with Crippen molar-refractivity contribution in [3.63, 3.8) is 0 Å². The van der Waals surface area contributed by atoms with Crippen molar-refractivity contribution < 1.29 is 13.2 Å². The van der Waals surface area contributed by atoms with Crippen LogP contribution in [-0.2, 0) is 27.8 Å². The molecular weight excluding hydrogens is 328 g/mol. The van der Waals surface area contributed by atoms with Gasteiger partial charge in [0.1, 0.15) is 4.21 Å². The molecule has 3 N–H and O–H groups in total. The maximum atomic E-state index is 11.7. The van der Waals surface area contributed by atoms with E-state index >= 15 is 0 Å². The Morgan fingerprint density at radius 2 is 2.05 bits per heavy atom. The Labute approximate surface area is 131 Å². The quantitative estimate of drug-likeness (QED) is 0.806. The Morgan fingerprint density at radius 1 is 1.24 bits per heavy atom. The van der Waals surface area contributed by atoms with Gasteiger partial charge in [-0.3, -0.25) is 4.79 Å². The first-order valence-corrected chi connectivity index (χ1v) is 9.60. The van der Waals surface area contributed by atoms with Crippen molar-refractivity contribution in [2.45, 2.75) is 30.0 Å². The van der Waals surface area contributed by atoms with Gasteiger partial charge in [0.25, 0.3) is 0 Å². The number of hydrogen-bond donors (Lipinski definition) is 2. The highest BCUT2D eigenvalue weighted by Crippen LogP contribution is 2.20. The largest absolute Gasteiger partial charge is 0.351 e. The van der Waals surface area contributed by atoms with Crippen molar-refractivity contribution in [3.8, 4) is 0 Å². The van der Waals surface area contributed by atoms with Gasteiger partial charge >= 0.3 is 0 Å². The summed E-state index contributed by atoms with van der Waals surface area (Å²) in [5, 5.41) is 9.84. The van der Waals surface area contributed by atoms with Crippen LogP contribution < -0.4 is 10.5 Å². The molecule has 0 saturated carbocycles. The zero-order chi connectivity index (χ0) is 15.3. The van der Waals surface area contributed by atoms with Crippen LogP contribution in [0.1, 0.15) is 22.6 Å². The third-order valence-electron chi connectivity index (χ3n) is 2.78. The van der Waals surface area contributed by atoms with Gasteiger partial charge in [-0.2, -0.15) is 0 Å². The van der Waals surface area contributed by atoms with Crippen LogP contribution in [0, 0.1) is 0 Å². The molecule has 0 saturated heterocycles. The van der Waals surface area contributed by atoms with E-state index in [-0.39, 0.29) is 10.1 Å². The summed E-state index contributed by atoms with van der Waals surface area (Å²) in [5.74, 6) is -0.0305. The van der Waals surface area contributed by atoms with Crippen LogP contribution in [0.25, 0.3) is 0 Å². The second kappa shape index (κ2) is 7.17. The molecule has 0 radical (unpaired) electrons. The molecule has 0 bridgehead atoms. The van der Waals surface area contributed by atoms with Gasteiger partial charge in [0, 0.05) is 16.2 Å². The molecule has 114 valence electrons. The summed E-state index contributed by atoms with van der Waals surface area (Å²) < 4.78 is 22.4. The van der Waals surface area contributed by atoms with E-state index in [1.165, 1.54) is 10.9 Å². The average Bonchev–Trinajstić information content (AvgIpc) is 3.06. The predicted octanol–water partition coefficient (Wildman–Crippen LogP) is 2.10. The van der Waals surface area contributed by atoms with E-state index in [1.807, 2.05) is 11.4 Å². The second-order valence-electron chi connectivity index (χ2n) is 4.48. The minimum absolute atomic E-state index is 0.0305. The number of nitrogens with one attached hydrogen (secondary N) is 1. The molecule has 0 aliphatic carbocycles. The highest BCUT2D eigenvalue weighted by Gasteiger charge is 2.11. The van der Waals surface area contributed by atoms with Crippen molar-refractivity contribution in [1.82, 2.24) is 5.32 Å². The van der Waals surface area contributed by atoms with Crippen LogP contribution in [0.5, 0.6) is 0 Å². The molecule has 2 aromatic heterocycles. The van der Waals surface area contributed by atoms with Gasteiger partial charge in [-0.05, 0) is 36.4 Å². The summed E-state index contributed by atoms with van der Waals surface area (Å²) in [6.45, 7) is 0.331. The fourth-order valence-electron chi connectivity index (χ4n) is 1.76. The number of sulfonamides is 1. The number of amides is 1. The Morgan fingerprint density at radius 3 is 2.67 bits per heavy atom. The first-order valence-electron chi connectivity index (χ1n) is 6.36. The van der Waals surface area contributed by atoms with E-state index in [0.29, 0.717) is 13.0 Å². The summed E-state index contributed by atoms with van der Waals surface area (Å²) in [4.78, 5) is 13.7. The Balaban J connectivity index is 1.72. The van der Waals surface area contributed by atoms with Crippen molar-refractivity contribution in [2.24, 2.45) is 5.14 Å². The SMILES string of the molecule is NS(=O)(=O)c1ccc(CNC(=O)CCCc2cccs2)s1. The third kappa shape index (κ3) is 5.24. The minimum Gasteiger partial charge on any atom is -0.351 e. The average molecular weight is 344 g/mol. The van der Waals surface area contributed by atoms with Crippen LogP contribution in [0.15, 0.2) is 33.9 Å². The molecule has 0 fully saturated rings. The summed E-state index contributed by atoms with van der Waals surface area (Å²) >= 11 is 2.77. The maximum absolute atomic E-state index is 11.7. The molecule has 1 amide bonds. The van der Waals surface area contributed by atoms with E-state index in [4.69, 9.17) is 5.14 Å². The molecule has 0 spiro atoms. The lowest BCUT2D eigenvalue weighted by atomic mass is 10.2. The van der Waals surface area contributed by atoms with Gasteiger partial charge in [0.15, 0.2) is 0 Å². The van der Waals surface area contributed by atoms with Gasteiger partial charge in [0.05, 0.1) is 6.54 Å². The van der Waals surface area contributed by atoms with Crippen molar-refractivity contribution in [2.75, 3.05) is 0 Å². The number of hydrogen-bond acceptors (Lipinski definition) is 5. The summed E-state index contributed by atoms with van der Waals surface area (Å²) in [6.07, 6.45) is 2.17. The number of aryl methyl sites for hydroxylation is 1. The summed E-state index contributed by atoms with van der Waals surface area (Å²) in [7, 11) is -3.65. The highest BCUT2D eigenvalue weighted by molar-refractivity contribution is 7.91. The lowest BCUT2D eigenvalue weighted by Gasteiger charge is -2.03. The van der Waals surface area contributed by atoms with Gasteiger partial charge in [0.2, 0.25) is 15.9 Å². The molecule has 0 unspecified atom stereocenters. The molecule has 0 aliphatic heterocycles. The minimum atomic E-state index is -3.65. The monoisotopic (exact) mass is 344 g/mol. The smallest absolute Gasteiger partial charge is 0.247 e. The Kier molecular flexibility index (Phi) is 5.51. The first kappa shape index (κ1) is 16.2.